The molecule has 1 aromatic rings. The van der Waals surface area contributed by atoms with Crippen LogP contribution >= 0.6 is 0 Å². The van der Waals surface area contributed by atoms with Gasteiger partial charge in [-0.3, -0.25) is 14.5 Å². The van der Waals surface area contributed by atoms with Crippen molar-refractivity contribution in [2.45, 2.75) is 44.4 Å². The number of carboxylic acid groups (broad SMARTS) is 1. The second kappa shape index (κ2) is 11.6. The highest BCUT2D eigenvalue weighted by atomic mass is 32.2. The normalized spacial score (nSPS) is 16.9. The van der Waals surface area contributed by atoms with Crippen molar-refractivity contribution >= 4 is 34.6 Å². The summed E-state index contributed by atoms with van der Waals surface area (Å²) in [6.07, 6.45) is 4.48. The number of rotatable bonds is 10. The van der Waals surface area contributed by atoms with Crippen LogP contribution in [0.3, 0.4) is 0 Å². The predicted molar refractivity (Wildman–Crippen MR) is 114 cm³/mol. The van der Waals surface area contributed by atoms with Gasteiger partial charge in [-0.15, -0.1) is 0 Å². The third-order valence-corrected chi connectivity index (χ3v) is 5.67. The van der Waals surface area contributed by atoms with E-state index in [-0.39, 0.29) is 36.1 Å². The van der Waals surface area contributed by atoms with Crippen LogP contribution in [-0.2, 0) is 36.6 Å². The third kappa shape index (κ3) is 7.37. The maximum atomic E-state index is 12.7. The molecule has 30 heavy (non-hydrogen) atoms. The van der Waals surface area contributed by atoms with Crippen molar-refractivity contribution in [3.8, 4) is 0 Å². The van der Waals surface area contributed by atoms with Crippen molar-refractivity contribution in [2.75, 3.05) is 24.8 Å². The number of nitrogens with zero attached hydrogens (tertiary/aromatic N) is 1. The van der Waals surface area contributed by atoms with E-state index < -0.39 is 30.1 Å². The minimum Gasteiger partial charge on any atom is -0.480 e. The zero-order valence-corrected chi connectivity index (χ0v) is 18.2. The van der Waals surface area contributed by atoms with Gasteiger partial charge < -0.3 is 15.2 Å². The van der Waals surface area contributed by atoms with Crippen LogP contribution in [0.5, 0.6) is 0 Å². The van der Waals surface area contributed by atoms with Crippen molar-refractivity contribution in [1.82, 2.24) is 10.2 Å². The van der Waals surface area contributed by atoms with Crippen molar-refractivity contribution < 1.29 is 29.0 Å². The lowest BCUT2D eigenvalue weighted by atomic mass is 10.1. The number of carbonyl (C=O) groups excluding carboxylic acids is 3. The molecule has 2 rings (SSSR count). The summed E-state index contributed by atoms with van der Waals surface area (Å²) >= 11 is 0. The molecule has 2 atom stereocenters. The second-order valence-electron chi connectivity index (χ2n) is 7.50. The molecule has 0 aromatic heterocycles. The standard InChI is InChI=1S/C21H28N2O6S/c1-30(2)14-16(24)10-11-17(20(26)27)22-19(25)18-9-6-12-23(18)21(28)29-13-15-7-4-3-5-8-15/h3-5,7-8,17-18H,6,9-14H2,1-2H3,(H-,22,25,26,27)/p+1. The van der Waals surface area contributed by atoms with Crippen LogP contribution in [0.25, 0.3) is 0 Å². The van der Waals surface area contributed by atoms with Gasteiger partial charge in [0.05, 0.1) is 12.5 Å². The topological polar surface area (TPSA) is 113 Å². The number of carboxylic acids is 1. The van der Waals surface area contributed by atoms with E-state index >= 15 is 0 Å². The number of hydrogen-bond donors (Lipinski definition) is 2. The van der Waals surface area contributed by atoms with Crippen LogP contribution in [0.2, 0.25) is 0 Å². The summed E-state index contributed by atoms with van der Waals surface area (Å²) in [6.45, 7) is 0.470. The lowest BCUT2D eigenvalue weighted by molar-refractivity contribution is -0.142. The second-order valence-corrected chi connectivity index (χ2v) is 9.76. The van der Waals surface area contributed by atoms with Gasteiger partial charge >= 0.3 is 12.1 Å². The third-order valence-electron chi connectivity index (χ3n) is 4.77. The number of carbonyl (C=O) groups is 4. The molecule has 0 spiro atoms. The molecule has 1 aliphatic rings. The smallest absolute Gasteiger partial charge is 0.410 e. The maximum absolute atomic E-state index is 12.7. The number of aliphatic carboxylic acids is 1. The van der Waals surface area contributed by atoms with Crippen LogP contribution in [-0.4, -0.2) is 70.7 Å². The molecule has 2 amide bonds. The van der Waals surface area contributed by atoms with Crippen molar-refractivity contribution in [3.05, 3.63) is 35.9 Å². The fraction of sp³-hybridized carbons (Fsp3) is 0.524. The van der Waals surface area contributed by atoms with Crippen LogP contribution in [0, 0.1) is 0 Å². The summed E-state index contributed by atoms with van der Waals surface area (Å²) in [5, 5.41) is 11.9. The van der Waals surface area contributed by atoms with E-state index in [9.17, 15) is 24.3 Å². The zero-order chi connectivity index (χ0) is 22.1. The molecule has 2 N–H and O–H groups in total. The minimum absolute atomic E-state index is 0.0178. The molecule has 1 aliphatic heterocycles. The summed E-state index contributed by atoms with van der Waals surface area (Å²) in [5.41, 5.74) is 0.837. The Bertz CT molecular complexity index is 755. The molecule has 1 fully saturated rings. The van der Waals surface area contributed by atoms with Crippen LogP contribution in [0.4, 0.5) is 4.79 Å². The molecule has 1 aromatic carbocycles. The predicted octanol–water partition coefficient (Wildman–Crippen LogP) is 1.58. The molecule has 164 valence electrons. The van der Waals surface area contributed by atoms with E-state index in [0.717, 1.165) is 5.56 Å². The molecule has 0 aliphatic carbocycles. The van der Waals surface area contributed by atoms with Crippen LogP contribution in [0.1, 0.15) is 31.2 Å². The van der Waals surface area contributed by atoms with Gasteiger partial charge in [-0.2, -0.15) is 0 Å². The van der Waals surface area contributed by atoms with E-state index in [4.69, 9.17) is 4.74 Å². The van der Waals surface area contributed by atoms with Gasteiger partial charge in [0.2, 0.25) is 5.91 Å². The van der Waals surface area contributed by atoms with Crippen molar-refractivity contribution in [2.24, 2.45) is 0 Å². The number of benzene rings is 1. The molecule has 1 saturated heterocycles. The van der Waals surface area contributed by atoms with E-state index in [1.807, 2.05) is 42.8 Å². The highest BCUT2D eigenvalue weighted by Crippen LogP contribution is 2.19. The molecule has 0 saturated carbocycles. The largest absolute Gasteiger partial charge is 0.480 e. The summed E-state index contributed by atoms with van der Waals surface area (Å²) in [5.74, 6) is -1.34. The summed E-state index contributed by atoms with van der Waals surface area (Å²) < 4.78 is 5.31. The first-order chi connectivity index (χ1) is 14.3. The quantitative estimate of drug-likeness (QED) is 0.538. The van der Waals surface area contributed by atoms with Gasteiger partial charge in [-0.05, 0) is 35.7 Å². The van der Waals surface area contributed by atoms with Crippen molar-refractivity contribution in [3.63, 3.8) is 0 Å². The first-order valence-corrected chi connectivity index (χ1v) is 12.1. The van der Waals surface area contributed by atoms with Gasteiger partial charge in [-0.1, -0.05) is 30.3 Å². The van der Waals surface area contributed by atoms with Gasteiger partial charge in [-0.25, -0.2) is 9.59 Å². The highest BCUT2D eigenvalue weighted by Gasteiger charge is 2.36. The number of Topliss-reactive ketones (excluding diaryl/α,β-unsaturated/α-hetero) is 1. The Hall–Kier alpha value is -2.55. The Morgan fingerprint density at radius 3 is 2.57 bits per heavy atom. The van der Waals surface area contributed by atoms with Gasteiger partial charge in [0.1, 0.15) is 18.7 Å². The molecular weight excluding hydrogens is 408 g/mol. The van der Waals surface area contributed by atoms with E-state index in [2.05, 4.69) is 5.32 Å². The molecule has 0 bridgehead atoms. The SMILES string of the molecule is C[S+](C)CC(=O)CCC(NC(=O)C1CCCN1C(=O)OCc1ccccc1)C(=O)O. The highest BCUT2D eigenvalue weighted by molar-refractivity contribution is 7.96. The summed E-state index contributed by atoms with van der Waals surface area (Å²) in [4.78, 5) is 49.8. The number of ketones is 1. The molecule has 0 radical (unpaired) electrons. The summed E-state index contributed by atoms with van der Waals surface area (Å²) in [7, 11) is -0.0522. The molecule has 9 heteroatoms. The number of amides is 2. The number of hydrogen-bond acceptors (Lipinski definition) is 5. The number of likely N-dealkylation sites (tertiary alicyclic amines) is 1. The monoisotopic (exact) mass is 437 g/mol. The van der Waals surface area contributed by atoms with Crippen LogP contribution in [0.15, 0.2) is 30.3 Å². The average molecular weight is 438 g/mol. The number of ether oxygens (including phenoxy) is 1. The molecular formula is C21H29N2O6S+. The molecule has 8 nitrogen and oxygen atoms in total. The Balaban J connectivity index is 1.90. The van der Waals surface area contributed by atoms with E-state index in [1.165, 1.54) is 4.90 Å². The van der Waals surface area contributed by atoms with E-state index in [0.29, 0.717) is 25.1 Å². The van der Waals surface area contributed by atoms with Gasteiger partial charge in [0.15, 0.2) is 11.5 Å². The fourth-order valence-corrected chi connectivity index (χ4v) is 4.07. The fourth-order valence-electron chi connectivity index (χ4n) is 3.28. The maximum Gasteiger partial charge on any atom is 0.410 e. The molecule has 1 heterocycles. The Labute approximate surface area is 179 Å². The Morgan fingerprint density at radius 1 is 1.23 bits per heavy atom. The van der Waals surface area contributed by atoms with Gasteiger partial charge in [0, 0.05) is 13.0 Å². The van der Waals surface area contributed by atoms with E-state index in [1.54, 1.807) is 0 Å². The minimum atomic E-state index is -1.20. The first-order valence-electron chi connectivity index (χ1n) is 9.84. The lowest BCUT2D eigenvalue weighted by Crippen LogP contribution is -2.51. The van der Waals surface area contributed by atoms with Gasteiger partial charge in [0.25, 0.3) is 0 Å². The Morgan fingerprint density at radius 2 is 1.93 bits per heavy atom. The Kier molecular flexibility index (Phi) is 9.16. The first kappa shape index (κ1) is 23.7. The number of nitrogens with one attached hydrogen (secondary N) is 1. The van der Waals surface area contributed by atoms with Crippen LogP contribution < -0.4 is 5.32 Å². The summed E-state index contributed by atoms with van der Waals surface area (Å²) in [6, 6.07) is 7.27. The average Bonchev–Trinajstić information content (AvgIpc) is 3.19. The zero-order valence-electron chi connectivity index (χ0n) is 17.3. The molecule has 2 unspecified atom stereocenters. The van der Waals surface area contributed by atoms with Crippen molar-refractivity contribution in [1.29, 1.82) is 0 Å². The lowest BCUT2D eigenvalue weighted by Gasteiger charge is -2.25.